The summed E-state index contributed by atoms with van der Waals surface area (Å²) in [5, 5.41) is 0. The maximum Gasteiger partial charge on any atom is 0.272 e. The normalized spacial score (nSPS) is 35.8. The predicted octanol–water partition coefficient (Wildman–Crippen LogP) is 1.17. The van der Waals surface area contributed by atoms with Gasteiger partial charge in [0.05, 0.1) is 13.1 Å². The number of likely N-dealkylation sites (tertiary alicyclic amines) is 1. The van der Waals surface area contributed by atoms with Crippen molar-refractivity contribution in [2.75, 3.05) is 26.2 Å². The second kappa shape index (κ2) is 2.89. The highest BCUT2D eigenvalue weighted by atomic mass is 19.3. The van der Waals surface area contributed by atoms with Gasteiger partial charge in [-0.3, -0.25) is 4.90 Å². The van der Waals surface area contributed by atoms with E-state index in [1.807, 2.05) is 4.90 Å². The molecule has 82 valence electrons. The number of fused-ring (bicyclic) bond motifs is 1. The van der Waals surface area contributed by atoms with Gasteiger partial charge in [0.2, 0.25) is 0 Å². The Bertz CT molecular complexity index is 226. The zero-order valence-electron chi connectivity index (χ0n) is 8.76. The highest BCUT2D eigenvalue weighted by Crippen LogP contribution is 2.62. The van der Waals surface area contributed by atoms with Gasteiger partial charge in [0.1, 0.15) is 0 Å². The molecule has 2 N–H and O–H groups in total. The molecule has 0 aromatic heterocycles. The Morgan fingerprint density at radius 1 is 1.36 bits per heavy atom. The lowest BCUT2D eigenvalue weighted by Gasteiger charge is -2.25. The molecule has 1 aliphatic carbocycles. The number of nitrogens with zero attached hydrogens (tertiary/aromatic N) is 1. The standard InChI is InChI=1S/C10H18F2N2/c1-9(2)7-3-14(4-8(7)9)6-10(11,12)5-13/h7-8H,3-6,13H2,1-2H3. The zero-order chi connectivity index (χ0) is 10.6. The lowest BCUT2D eigenvalue weighted by atomic mass is 10.1. The molecule has 1 saturated heterocycles. The molecule has 0 amide bonds. The van der Waals surface area contributed by atoms with Crippen LogP contribution in [0.2, 0.25) is 0 Å². The fraction of sp³-hybridized carbons (Fsp3) is 1.00. The smallest absolute Gasteiger partial charge is 0.272 e. The van der Waals surface area contributed by atoms with Crippen LogP contribution >= 0.6 is 0 Å². The molecule has 2 atom stereocenters. The third-order valence-corrected chi connectivity index (χ3v) is 3.95. The molecule has 2 nitrogen and oxygen atoms in total. The number of rotatable bonds is 3. The van der Waals surface area contributed by atoms with Crippen LogP contribution in [0, 0.1) is 17.3 Å². The van der Waals surface area contributed by atoms with E-state index in [-0.39, 0.29) is 6.54 Å². The van der Waals surface area contributed by atoms with Crippen molar-refractivity contribution in [3.8, 4) is 0 Å². The van der Waals surface area contributed by atoms with Crippen molar-refractivity contribution >= 4 is 0 Å². The van der Waals surface area contributed by atoms with Gasteiger partial charge in [-0.05, 0) is 17.3 Å². The number of alkyl halides is 2. The summed E-state index contributed by atoms with van der Waals surface area (Å²) < 4.78 is 25.9. The maximum atomic E-state index is 13.0. The first-order chi connectivity index (χ1) is 6.37. The highest BCUT2D eigenvalue weighted by Gasteiger charge is 2.62. The molecule has 0 radical (unpaired) electrons. The van der Waals surface area contributed by atoms with Crippen LogP contribution in [0.25, 0.3) is 0 Å². The van der Waals surface area contributed by atoms with Crippen LogP contribution in [-0.2, 0) is 0 Å². The van der Waals surface area contributed by atoms with E-state index < -0.39 is 12.5 Å². The average molecular weight is 204 g/mol. The molecule has 1 aliphatic heterocycles. The van der Waals surface area contributed by atoms with Crippen molar-refractivity contribution in [3.05, 3.63) is 0 Å². The van der Waals surface area contributed by atoms with Crippen LogP contribution in [0.5, 0.6) is 0 Å². The second-order valence-corrected chi connectivity index (χ2v) is 5.29. The molecule has 14 heavy (non-hydrogen) atoms. The minimum atomic E-state index is -2.71. The lowest BCUT2D eigenvalue weighted by molar-refractivity contribution is -0.0226. The number of nitrogens with two attached hydrogens (primary N) is 1. The van der Waals surface area contributed by atoms with Crippen LogP contribution in [0.15, 0.2) is 0 Å². The van der Waals surface area contributed by atoms with E-state index in [4.69, 9.17) is 5.73 Å². The molecule has 0 aromatic rings. The van der Waals surface area contributed by atoms with Crippen molar-refractivity contribution in [1.29, 1.82) is 0 Å². The van der Waals surface area contributed by atoms with Gasteiger partial charge in [0.25, 0.3) is 5.92 Å². The quantitative estimate of drug-likeness (QED) is 0.747. The minimum Gasteiger partial charge on any atom is -0.325 e. The first-order valence-corrected chi connectivity index (χ1v) is 5.17. The Labute approximate surface area is 83.4 Å². The molecular weight excluding hydrogens is 186 g/mol. The fourth-order valence-electron chi connectivity index (χ4n) is 2.73. The summed E-state index contributed by atoms with van der Waals surface area (Å²) in [5.74, 6) is -1.44. The maximum absolute atomic E-state index is 13.0. The van der Waals surface area contributed by atoms with Gasteiger partial charge in [0, 0.05) is 13.1 Å². The molecular formula is C10H18F2N2. The average Bonchev–Trinajstić information content (AvgIpc) is 2.52. The summed E-state index contributed by atoms with van der Waals surface area (Å²) in [4.78, 5) is 1.85. The number of halogens is 2. The number of hydrogen-bond acceptors (Lipinski definition) is 2. The zero-order valence-corrected chi connectivity index (χ0v) is 8.76. The van der Waals surface area contributed by atoms with E-state index in [0.29, 0.717) is 17.3 Å². The summed E-state index contributed by atoms with van der Waals surface area (Å²) in [6, 6.07) is 0. The van der Waals surface area contributed by atoms with Crippen molar-refractivity contribution in [3.63, 3.8) is 0 Å². The Morgan fingerprint density at radius 2 is 1.86 bits per heavy atom. The molecule has 2 unspecified atom stereocenters. The summed E-state index contributed by atoms with van der Waals surface area (Å²) in [6.45, 7) is 5.40. The molecule has 1 heterocycles. The van der Waals surface area contributed by atoms with Gasteiger partial charge in [-0.2, -0.15) is 0 Å². The van der Waals surface area contributed by atoms with Gasteiger partial charge in [0.15, 0.2) is 0 Å². The molecule has 2 aliphatic rings. The van der Waals surface area contributed by atoms with Crippen LogP contribution in [0.4, 0.5) is 8.78 Å². The SMILES string of the molecule is CC1(C)C2CN(CC(F)(F)CN)CC21. The summed E-state index contributed by atoms with van der Waals surface area (Å²) >= 11 is 0. The summed E-state index contributed by atoms with van der Waals surface area (Å²) in [7, 11) is 0. The largest absolute Gasteiger partial charge is 0.325 e. The molecule has 1 saturated carbocycles. The monoisotopic (exact) mass is 204 g/mol. The minimum absolute atomic E-state index is 0.160. The van der Waals surface area contributed by atoms with Crippen LogP contribution in [0.1, 0.15) is 13.8 Å². The lowest BCUT2D eigenvalue weighted by Crippen LogP contribution is -2.42. The Balaban J connectivity index is 1.83. The van der Waals surface area contributed by atoms with Gasteiger partial charge >= 0.3 is 0 Å². The van der Waals surface area contributed by atoms with Gasteiger partial charge in [-0.25, -0.2) is 8.78 Å². The van der Waals surface area contributed by atoms with E-state index in [9.17, 15) is 8.78 Å². The Morgan fingerprint density at radius 3 is 2.29 bits per heavy atom. The summed E-state index contributed by atoms with van der Waals surface area (Å²) in [6.07, 6.45) is 0. The third kappa shape index (κ3) is 1.54. The number of hydrogen-bond donors (Lipinski definition) is 1. The predicted molar refractivity (Wildman–Crippen MR) is 51.2 cm³/mol. The van der Waals surface area contributed by atoms with E-state index in [1.54, 1.807) is 0 Å². The van der Waals surface area contributed by atoms with Crippen molar-refractivity contribution in [2.45, 2.75) is 19.8 Å². The topological polar surface area (TPSA) is 29.3 Å². The van der Waals surface area contributed by atoms with Gasteiger partial charge in [-0.15, -0.1) is 0 Å². The molecule has 2 rings (SSSR count). The van der Waals surface area contributed by atoms with Crippen molar-refractivity contribution in [2.24, 2.45) is 23.0 Å². The molecule has 2 fully saturated rings. The third-order valence-electron chi connectivity index (χ3n) is 3.95. The molecule has 4 heteroatoms. The molecule has 0 bridgehead atoms. The van der Waals surface area contributed by atoms with Crippen LogP contribution in [0.3, 0.4) is 0 Å². The van der Waals surface area contributed by atoms with Crippen LogP contribution < -0.4 is 5.73 Å². The van der Waals surface area contributed by atoms with Crippen molar-refractivity contribution < 1.29 is 8.78 Å². The molecule has 0 aromatic carbocycles. The van der Waals surface area contributed by atoms with E-state index in [0.717, 1.165) is 13.1 Å². The van der Waals surface area contributed by atoms with E-state index >= 15 is 0 Å². The molecule has 0 spiro atoms. The fourth-order valence-corrected chi connectivity index (χ4v) is 2.73. The van der Waals surface area contributed by atoms with E-state index in [2.05, 4.69) is 13.8 Å². The van der Waals surface area contributed by atoms with Crippen molar-refractivity contribution in [1.82, 2.24) is 4.90 Å². The highest BCUT2D eigenvalue weighted by molar-refractivity contribution is 5.11. The van der Waals surface area contributed by atoms with Gasteiger partial charge < -0.3 is 5.73 Å². The summed E-state index contributed by atoms with van der Waals surface area (Å²) in [5.41, 5.74) is 5.40. The first kappa shape index (κ1) is 10.3. The van der Waals surface area contributed by atoms with Gasteiger partial charge in [-0.1, -0.05) is 13.8 Å². The van der Waals surface area contributed by atoms with Crippen LogP contribution in [-0.4, -0.2) is 37.0 Å². The Kier molecular flexibility index (Phi) is 2.13. The Hall–Kier alpha value is -0.220. The van der Waals surface area contributed by atoms with E-state index in [1.165, 1.54) is 0 Å². The number of piperidine rings is 1. The first-order valence-electron chi connectivity index (χ1n) is 5.17. The second-order valence-electron chi connectivity index (χ2n) is 5.29.